The number of fused-ring (bicyclic) bond motifs is 1. The van der Waals surface area contributed by atoms with Gasteiger partial charge in [-0.05, 0) is 25.7 Å². The lowest BCUT2D eigenvalue weighted by Gasteiger charge is -2.18. The fraction of sp³-hybridized carbons (Fsp3) is 0.769. The Morgan fingerprint density at radius 2 is 2.12 bits per heavy atom. The summed E-state index contributed by atoms with van der Waals surface area (Å²) in [4.78, 5) is 6.30. The standard InChI is InChI=1S/C13H22N2OS/c1-9(2)14-11(8-16-3)13-15-10-6-4-5-7-12(10)17-13/h9,11,14H,4-8H2,1-3H3. The summed E-state index contributed by atoms with van der Waals surface area (Å²) in [6.07, 6.45) is 4.99. The Labute approximate surface area is 108 Å². The second-order valence-electron chi connectivity index (χ2n) is 4.96. The van der Waals surface area contributed by atoms with Crippen LogP contribution in [0.4, 0.5) is 0 Å². The molecule has 0 radical (unpaired) electrons. The minimum Gasteiger partial charge on any atom is -0.383 e. The smallest absolute Gasteiger partial charge is 0.112 e. The molecule has 0 aromatic carbocycles. The SMILES string of the molecule is COCC(NC(C)C)c1nc2c(s1)CCCC2. The molecule has 0 saturated carbocycles. The summed E-state index contributed by atoms with van der Waals surface area (Å²) >= 11 is 1.87. The summed E-state index contributed by atoms with van der Waals surface area (Å²) in [6, 6.07) is 0.701. The molecule has 1 aliphatic carbocycles. The molecule has 96 valence electrons. The van der Waals surface area contributed by atoms with Crippen LogP contribution in [0.2, 0.25) is 0 Å². The van der Waals surface area contributed by atoms with Crippen LogP contribution in [0.3, 0.4) is 0 Å². The summed E-state index contributed by atoms with van der Waals surface area (Å²) in [7, 11) is 1.75. The fourth-order valence-electron chi connectivity index (χ4n) is 2.28. The lowest BCUT2D eigenvalue weighted by atomic mass is 10.0. The van der Waals surface area contributed by atoms with Crippen molar-refractivity contribution in [2.45, 2.75) is 51.6 Å². The summed E-state index contributed by atoms with van der Waals surface area (Å²) in [5.41, 5.74) is 1.34. The van der Waals surface area contributed by atoms with Crippen LogP contribution in [0.25, 0.3) is 0 Å². The van der Waals surface area contributed by atoms with Crippen LogP contribution in [-0.2, 0) is 17.6 Å². The number of nitrogens with zero attached hydrogens (tertiary/aromatic N) is 1. The lowest BCUT2D eigenvalue weighted by molar-refractivity contribution is 0.163. The number of rotatable bonds is 5. The molecule has 0 amide bonds. The molecule has 0 fully saturated rings. The highest BCUT2D eigenvalue weighted by atomic mass is 32.1. The van der Waals surface area contributed by atoms with E-state index in [0.717, 1.165) is 6.42 Å². The first-order chi connectivity index (χ1) is 8.20. The molecule has 0 saturated heterocycles. The van der Waals surface area contributed by atoms with Gasteiger partial charge in [0, 0.05) is 18.0 Å². The molecule has 2 rings (SSSR count). The van der Waals surface area contributed by atoms with Crippen molar-refractivity contribution in [2.75, 3.05) is 13.7 Å². The Balaban J connectivity index is 2.14. The van der Waals surface area contributed by atoms with Crippen LogP contribution in [0.15, 0.2) is 0 Å². The molecule has 17 heavy (non-hydrogen) atoms. The van der Waals surface area contributed by atoms with Gasteiger partial charge in [-0.3, -0.25) is 0 Å². The van der Waals surface area contributed by atoms with Gasteiger partial charge in [-0.1, -0.05) is 13.8 Å². The molecule has 1 N–H and O–H groups in total. The molecule has 1 heterocycles. The van der Waals surface area contributed by atoms with Crippen LogP contribution < -0.4 is 5.32 Å². The van der Waals surface area contributed by atoms with Crippen molar-refractivity contribution in [3.8, 4) is 0 Å². The number of nitrogens with one attached hydrogen (secondary N) is 1. The maximum absolute atomic E-state index is 5.30. The summed E-state index contributed by atoms with van der Waals surface area (Å²) in [5.74, 6) is 0. The summed E-state index contributed by atoms with van der Waals surface area (Å²) < 4.78 is 5.30. The number of aryl methyl sites for hydroxylation is 2. The summed E-state index contributed by atoms with van der Waals surface area (Å²) in [5, 5.41) is 4.73. The molecule has 1 aromatic heterocycles. The Hall–Kier alpha value is -0.450. The van der Waals surface area contributed by atoms with Crippen molar-refractivity contribution in [3.05, 3.63) is 15.6 Å². The van der Waals surface area contributed by atoms with E-state index in [-0.39, 0.29) is 6.04 Å². The molecule has 1 unspecified atom stereocenters. The first-order valence-electron chi connectivity index (χ1n) is 6.44. The predicted octanol–water partition coefficient (Wildman–Crippen LogP) is 2.71. The van der Waals surface area contributed by atoms with Crippen molar-refractivity contribution in [3.63, 3.8) is 0 Å². The molecule has 1 aromatic rings. The van der Waals surface area contributed by atoms with Gasteiger partial charge >= 0.3 is 0 Å². The highest BCUT2D eigenvalue weighted by Gasteiger charge is 2.21. The van der Waals surface area contributed by atoms with E-state index in [0.29, 0.717) is 12.6 Å². The van der Waals surface area contributed by atoms with Crippen LogP contribution in [0.5, 0.6) is 0 Å². The average molecular weight is 254 g/mol. The van der Waals surface area contributed by atoms with Crippen molar-refractivity contribution in [1.29, 1.82) is 0 Å². The van der Waals surface area contributed by atoms with E-state index in [1.807, 2.05) is 11.3 Å². The number of thiazole rings is 1. The number of ether oxygens (including phenoxy) is 1. The summed E-state index contributed by atoms with van der Waals surface area (Å²) in [6.45, 7) is 5.02. The van der Waals surface area contributed by atoms with E-state index in [2.05, 4.69) is 19.2 Å². The predicted molar refractivity (Wildman–Crippen MR) is 71.6 cm³/mol. The third kappa shape index (κ3) is 3.27. The first-order valence-corrected chi connectivity index (χ1v) is 7.25. The molecule has 3 nitrogen and oxygen atoms in total. The second-order valence-corrected chi connectivity index (χ2v) is 6.07. The average Bonchev–Trinajstić information content (AvgIpc) is 2.71. The van der Waals surface area contributed by atoms with E-state index in [1.165, 1.54) is 34.8 Å². The van der Waals surface area contributed by atoms with Gasteiger partial charge in [-0.2, -0.15) is 0 Å². The maximum atomic E-state index is 5.30. The lowest BCUT2D eigenvalue weighted by Crippen LogP contribution is -2.31. The third-order valence-electron chi connectivity index (χ3n) is 3.03. The van der Waals surface area contributed by atoms with Crippen molar-refractivity contribution >= 4 is 11.3 Å². The minimum absolute atomic E-state index is 0.246. The minimum atomic E-state index is 0.246. The van der Waals surface area contributed by atoms with Gasteiger partial charge in [0.2, 0.25) is 0 Å². The fourth-order valence-corrected chi connectivity index (χ4v) is 3.48. The number of hydrogen-bond acceptors (Lipinski definition) is 4. The van der Waals surface area contributed by atoms with Gasteiger partial charge in [0.15, 0.2) is 0 Å². The Morgan fingerprint density at radius 1 is 1.35 bits per heavy atom. The van der Waals surface area contributed by atoms with Gasteiger partial charge in [0.1, 0.15) is 5.01 Å². The van der Waals surface area contributed by atoms with Crippen LogP contribution in [0, 0.1) is 0 Å². The highest BCUT2D eigenvalue weighted by Crippen LogP contribution is 2.30. The molecular formula is C13H22N2OS. The second kappa shape index (κ2) is 5.94. The Kier molecular flexibility index (Phi) is 4.54. The van der Waals surface area contributed by atoms with Gasteiger partial charge in [0.05, 0.1) is 18.3 Å². The first kappa shape index (κ1) is 13.0. The normalized spacial score (nSPS) is 17.2. The molecule has 4 heteroatoms. The maximum Gasteiger partial charge on any atom is 0.112 e. The third-order valence-corrected chi connectivity index (χ3v) is 4.30. The van der Waals surface area contributed by atoms with E-state index in [1.54, 1.807) is 7.11 Å². The Bertz CT molecular complexity index is 339. The van der Waals surface area contributed by atoms with Crippen molar-refractivity contribution in [1.82, 2.24) is 10.3 Å². The van der Waals surface area contributed by atoms with Gasteiger partial charge in [0.25, 0.3) is 0 Å². The monoisotopic (exact) mass is 254 g/mol. The molecule has 0 spiro atoms. The zero-order valence-electron chi connectivity index (χ0n) is 11.0. The van der Waals surface area contributed by atoms with E-state index in [9.17, 15) is 0 Å². The Morgan fingerprint density at radius 3 is 2.76 bits per heavy atom. The largest absolute Gasteiger partial charge is 0.383 e. The van der Waals surface area contributed by atoms with Crippen molar-refractivity contribution in [2.24, 2.45) is 0 Å². The van der Waals surface area contributed by atoms with Gasteiger partial charge in [-0.25, -0.2) is 4.98 Å². The van der Waals surface area contributed by atoms with Gasteiger partial charge < -0.3 is 10.1 Å². The quantitative estimate of drug-likeness (QED) is 0.877. The van der Waals surface area contributed by atoms with E-state index >= 15 is 0 Å². The van der Waals surface area contributed by atoms with Crippen molar-refractivity contribution < 1.29 is 4.74 Å². The van der Waals surface area contributed by atoms with E-state index < -0.39 is 0 Å². The molecule has 1 aliphatic rings. The number of hydrogen-bond donors (Lipinski definition) is 1. The number of methoxy groups -OCH3 is 1. The molecule has 0 aliphatic heterocycles. The van der Waals surface area contributed by atoms with Crippen LogP contribution >= 0.6 is 11.3 Å². The molecule has 0 bridgehead atoms. The van der Waals surface area contributed by atoms with Gasteiger partial charge in [-0.15, -0.1) is 11.3 Å². The molecular weight excluding hydrogens is 232 g/mol. The van der Waals surface area contributed by atoms with Crippen LogP contribution in [0.1, 0.15) is 48.3 Å². The highest BCUT2D eigenvalue weighted by molar-refractivity contribution is 7.11. The number of aromatic nitrogens is 1. The zero-order valence-corrected chi connectivity index (χ0v) is 11.8. The van der Waals surface area contributed by atoms with Crippen LogP contribution in [-0.4, -0.2) is 24.7 Å². The van der Waals surface area contributed by atoms with E-state index in [4.69, 9.17) is 9.72 Å². The molecule has 1 atom stereocenters. The zero-order chi connectivity index (χ0) is 12.3. The topological polar surface area (TPSA) is 34.1 Å².